The Morgan fingerprint density at radius 3 is 2.55 bits per heavy atom. The fourth-order valence-corrected chi connectivity index (χ4v) is 2.58. The second-order valence-corrected chi connectivity index (χ2v) is 5.22. The monoisotopic (exact) mass is 287 g/mol. The molecule has 0 saturated heterocycles. The van der Waals surface area contributed by atoms with Crippen molar-refractivity contribution in [3.8, 4) is 0 Å². The van der Waals surface area contributed by atoms with Crippen LogP contribution in [-0.2, 0) is 6.18 Å². The van der Waals surface area contributed by atoms with Crippen molar-refractivity contribution in [2.75, 3.05) is 5.32 Å². The van der Waals surface area contributed by atoms with E-state index in [0.29, 0.717) is 12.0 Å². The average molecular weight is 287 g/mol. The number of alkyl halides is 3. The van der Waals surface area contributed by atoms with Gasteiger partial charge in [0, 0.05) is 11.7 Å². The first kappa shape index (κ1) is 14.7. The van der Waals surface area contributed by atoms with Gasteiger partial charge < -0.3 is 10.4 Å². The van der Waals surface area contributed by atoms with Crippen LogP contribution in [0.2, 0.25) is 0 Å². The van der Waals surface area contributed by atoms with Gasteiger partial charge in [-0.15, -0.1) is 0 Å². The minimum atomic E-state index is -4.54. The van der Waals surface area contributed by atoms with Crippen LogP contribution in [0.5, 0.6) is 0 Å². The van der Waals surface area contributed by atoms with Crippen molar-refractivity contribution in [1.82, 2.24) is 0 Å². The first-order valence-electron chi connectivity index (χ1n) is 6.50. The minimum Gasteiger partial charge on any atom is -0.478 e. The number of hydrogen-bond acceptors (Lipinski definition) is 2. The summed E-state index contributed by atoms with van der Waals surface area (Å²) in [5.74, 6) is -0.969. The highest BCUT2D eigenvalue weighted by Gasteiger charge is 2.32. The van der Waals surface area contributed by atoms with Crippen LogP contribution >= 0.6 is 0 Å². The zero-order chi connectivity index (χ0) is 14.9. The molecule has 2 unspecified atom stereocenters. The third-order valence-electron chi connectivity index (χ3n) is 3.78. The first-order valence-corrected chi connectivity index (χ1v) is 6.50. The number of rotatable bonds is 3. The molecule has 20 heavy (non-hydrogen) atoms. The van der Waals surface area contributed by atoms with Gasteiger partial charge in [0.15, 0.2) is 0 Å². The van der Waals surface area contributed by atoms with Gasteiger partial charge in [0.2, 0.25) is 0 Å². The molecule has 1 aliphatic carbocycles. The van der Waals surface area contributed by atoms with Gasteiger partial charge >= 0.3 is 12.1 Å². The van der Waals surface area contributed by atoms with Crippen molar-refractivity contribution in [3.05, 3.63) is 29.3 Å². The van der Waals surface area contributed by atoms with Gasteiger partial charge in [-0.2, -0.15) is 13.2 Å². The molecule has 0 amide bonds. The van der Waals surface area contributed by atoms with Crippen LogP contribution in [0.25, 0.3) is 0 Å². The molecule has 2 atom stereocenters. The molecule has 1 fully saturated rings. The molecule has 6 heteroatoms. The Hall–Kier alpha value is -1.72. The highest BCUT2D eigenvalue weighted by molar-refractivity contribution is 5.94. The quantitative estimate of drug-likeness (QED) is 0.883. The maximum absolute atomic E-state index is 12.6. The zero-order valence-corrected chi connectivity index (χ0v) is 11.0. The number of carboxylic acids is 1. The summed E-state index contributed by atoms with van der Waals surface area (Å²) < 4.78 is 37.8. The summed E-state index contributed by atoms with van der Waals surface area (Å²) in [7, 11) is 0. The fraction of sp³-hybridized carbons (Fsp3) is 0.500. The lowest BCUT2D eigenvalue weighted by Crippen LogP contribution is -2.23. The van der Waals surface area contributed by atoms with Crippen LogP contribution in [-0.4, -0.2) is 17.1 Å². The molecule has 0 heterocycles. The van der Waals surface area contributed by atoms with Crippen molar-refractivity contribution < 1.29 is 23.1 Å². The summed E-state index contributed by atoms with van der Waals surface area (Å²) in [5.41, 5.74) is -1.02. The smallest absolute Gasteiger partial charge is 0.416 e. The first-order chi connectivity index (χ1) is 9.29. The lowest BCUT2D eigenvalue weighted by molar-refractivity contribution is -0.137. The molecule has 0 aromatic heterocycles. The molecule has 0 aliphatic heterocycles. The van der Waals surface area contributed by atoms with Crippen molar-refractivity contribution in [2.24, 2.45) is 5.92 Å². The van der Waals surface area contributed by atoms with E-state index in [2.05, 4.69) is 12.2 Å². The number of hydrogen-bond donors (Lipinski definition) is 2. The van der Waals surface area contributed by atoms with Crippen LogP contribution in [0.3, 0.4) is 0 Å². The Bertz CT molecular complexity index is 514. The van der Waals surface area contributed by atoms with Gasteiger partial charge in [-0.3, -0.25) is 0 Å². The van der Waals surface area contributed by atoms with Gasteiger partial charge in [0.1, 0.15) is 0 Å². The van der Waals surface area contributed by atoms with Crippen molar-refractivity contribution >= 4 is 11.7 Å². The SMILES string of the molecule is CC1CCCC1Nc1ccc(C(F)(F)F)cc1C(=O)O. The maximum Gasteiger partial charge on any atom is 0.416 e. The number of carboxylic acid groups (broad SMARTS) is 1. The van der Waals surface area contributed by atoms with E-state index in [0.717, 1.165) is 25.3 Å². The Morgan fingerprint density at radius 1 is 1.35 bits per heavy atom. The highest BCUT2D eigenvalue weighted by atomic mass is 19.4. The van der Waals surface area contributed by atoms with Crippen molar-refractivity contribution in [1.29, 1.82) is 0 Å². The molecule has 1 aromatic carbocycles. The summed E-state index contributed by atoms with van der Waals surface area (Å²) in [6, 6.07) is 2.92. The molecule has 0 spiro atoms. The normalized spacial score (nSPS) is 22.8. The van der Waals surface area contributed by atoms with Crippen LogP contribution in [0.1, 0.15) is 42.1 Å². The van der Waals surface area contributed by atoms with E-state index in [4.69, 9.17) is 5.11 Å². The summed E-state index contributed by atoms with van der Waals surface area (Å²) in [5, 5.41) is 12.2. The highest BCUT2D eigenvalue weighted by Crippen LogP contribution is 2.34. The second-order valence-electron chi connectivity index (χ2n) is 5.22. The van der Waals surface area contributed by atoms with E-state index in [1.165, 1.54) is 6.07 Å². The Labute approximate surface area is 114 Å². The number of nitrogens with one attached hydrogen (secondary N) is 1. The zero-order valence-electron chi connectivity index (χ0n) is 11.0. The summed E-state index contributed by atoms with van der Waals surface area (Å²) >= 11 is 0. The van der Waals surface area contributed by atoms with E-state index in [1.807, 2.05) is 0 Å². The van der Waals surface area contributed by atoms with E-state index in [-0.39, 0.29) is 17.3 Å². The molecular weight excluding hydrogens is 271 g/mol. The standard InChI is InChI=1S/C14H16F3NO2/c1-8-3-2-4-11(8)18-12-6-5-9(14(15,16)17)7-10(12)13(19)20/h5-8,11,18H,2-4H2,1H3,(H,19,20). The molecule has 3 nitrogen and oxygen atoms in total. The fourth-order valence-electron chi connectivity index (χ4n) is 2.58. The lowest BCUT2D eigenvalue weighted by Gasteiger charge is -2.20. The van der Waals surface area contributed by atoms with Gasteiger partial charge in [-0.25, -0.2) is 4.79 Å². The summed E-state index contributed by atoms with van der Waals surface area (Å²) in [6.45, 7) is 2.05. The lowest BCUT2D eigenvalue weighted by atomic mass is 10.0. The van der Waals surface area contributed by atoms with Crippen molar-refractivity contribution in [3.63, 3.8) is 0 Å². The molecule has 110 valence electrons. The number of anilines is 1. The molecule has 1 aliphatic rings. The predicted molar refractivity (Wildman–Crippen MR) is 68.8 cm³/mol. The van der Waals surface area contributed by atoms with Gasteiger partial charge in [-0.05, 0) is 37.0 Å². The van der Waals surface area contributed by atoms with E-state index in [1.54, 1.807) is 0 Å². The summed E-state index contributed by atoms with van der Waals surface area (Å²) in [6.07, 6.45) is -1.55. The van der Waals surface area contributed by atoms with Crippen LogP contribution < -0.4 is 5.32 Å². The average Bonchev–Trinajstić information content (AvgIpc) is 2.74. The van der Waals surface area contributed by atoms with Crippen LogP contribution in [0, 0.1) is 5.92 Å². The predicted octanol–water partition coefficient (Wildman–Crippen LogP) is 4.00. The molecular formula is C14H16F3NO2. The molecule has 2 rings (SSSR count). The van der Waals surface area contributed by atoms with Crippen molar-refractivity contribution in [2.45, 2.75) is 38.4 Å². The van der Waals surface area contributed by atoms with Gasteiger partial charge in [-0.1, -0.05) is 13.3 Å². The Kier molecular flexibility index (Phi) is 3.92. The molecule has 0 bridgehead atoms. The number of halogens is 3. The summed E-state index contributed by atoms with van der Waals surface area (Å²) in [4.78, 5) is 11.1. The maximum atomic E-state index is 12.6. The second kappa shape index (κ2) is 5.34. The molecule has 1 aromatic rings. The minimum absolute atomic E-state index is 0.116. The van der Waals surface area contributed by atoms with Crippen LogP contribution in [0.4, 0.5) is 18.9 Å². The van der Waals surface area contributed by atoms with Gasteiger partial charge in [0.05, 0.1) is 11.1 Å². The van der Waals surface area contributed by atoms with E-state index >= 15 is 0 Å². The topological polar surface area (TPSA) is 49.3 Å². The molecule has 0 radical (unpaired) electrons. The number of benzene rings is 1. The largest absolute Gasteiger partial charge is 0.478 e. The third kappa shape index (κ3) is 3.05. The third-order valence-corrected chi connectivity index (χ3v) is 3.78. The van der Waals surface area contributed by atoms with E-state index < -0.39 is 17.7 Å². The Balaban J connectivity index is 2.31. The molecule has 2 N–H and O–H groups in total. The molecule has 1 saturated carbocycles. The van der Waals surface area contributed by atoms with Crippen LogP contribution in [0.15, 0.2) is 18.2 Å². The number of aromatic carboxylic acids is 1. The van der Waals surface area contributed by atoms with E-state index in [9.17, 15) is 18.0 Å². The Morgan fingerprint density at radius 2 is 2.05 bits per heavy atom. The number of carbonyl (C=O) groups is 1. The van der Waals surface area contributed by atoms with Gasteiger partial charge in [0.25, 0.3) is 0 Å².